The highest BCUT2D eigenvalue weighted by Gasteiger charge is 2.26. The van der Waals surface area contributed by atoms with E-state index in [9.17, 15) is 15.2 Å². The van der Waals surface area contributed by atoms with Crippen molar-refractivity contribution < 1.29 is 14.8 Å². The van der Waals surface area contributed by atoms with Crippen LogP contribution in [0.2, 0.25) is 0 Å². The normalized spacial score (nSPS) is 14.1. The molecule has 0 aromatic heterocycles. The van der Waals surface area contributed by atoms with Gasteiger partial charge in [-0.25, -0.2) is 0 Å². The van der Waals surface area contributed by atoms with Gasteiger partial charge in [0.1, 0.15) is 12.4 Å². The molecule has 0 aliphatic rings. The summed E-state index contributed by atoms with van der Waals surface area (Å²) in [5.41, 5.74) is -0.906. The van der Waals surface area contributed by atoms with Crippen LogP contribution in [0.4, 0.5) is 5.69 Å². The Hall–Kier alpha value is -2.14. The third kappa shape index (κ3) is 3.13. The number of ether oxygens (including phenoxy) is 1. The number of nitrogens with zero attached hydrogens (tertiary/aromatic N) is 1. The molecule has 2 aromatic rings. The fraction of sp³-hybridized carbons (Fsp3) is 0.375. The van der Waals surface area contributed by atoms with Gasteiger partial charge >= 0.3 is 0 Å². The van der Waals surface area contributed by atoms with Crippen LogP contribution >= 0.6 is 0 Å². The lowest BCUT2D eigenvalue weighted by molar-refractivity contribution is -0.383. The summed E-state index contributed by atoms with van der Waals surface area (Å²) in [5.74, 6) is 0.582. The van der Waals surface area contributed by atoms with E-state index in [1.165, 1.54) is 6.07 Å². The highest BCUT2D eigenvalue weighted by atomic mass is 16.6. The molecule has 0 bridgehead atoms. The van der Waals surface area contributed by atoms with E-state index in [0.717, 1.165) is 0 Å². The number of hydrogen-bond donors (Lipinski definition) is 1. The van der Waals surface area contributed by atoms with Crippen molar-refractivity contribution in [2.75, 3.05) is 6.61 Å². The Bertz CT molecular complexity index is 664. The average Bonchev–Trinajstić information content (AvgIpc) is 2.44. The molecular formula is C16H19NO4. The van der Waals surface area contributed by atoms with Crippen LogP contribution in [0.15, 0.2) is 36.4 Å². The number of benzene rings is 2. The summed E-state index contributed by atoms with van der Waals surface area (Å²) >= 11 is 0. The van der Waals surface area contributed by atoms with Gasteiger partial charge in [0, 0.05) is 11.5 Å². The highest BCUT2D eigenvalue weighted by Crippen LogP contribution is 2.33. The SMILES string of the molecule is CC(C)C(C)(O)COc1ccc([N+](=O)[O-])c2ccccc12. The van der Waals surface area contributed by atoms with Crippen LogP contribution in [0.1, 0.15) is 20.8 Å². The van der Waals surface area contributed by atoms with Crippen LogP contribution in [0.3, 0.4) is 0 Å². The first kappa shape index (κ1) is 15.3. The van der Waals surface area contributed by atoms with Crippen LogP contribution in [-0.4, -0.2) is 22.2 Å². The summed E-state index contributed by atoms with van der Waals surface area (Å²) in [6.07, 6.45) is 0. The molecule has 112 valence electrons. The van der Waals surface area contributed by atoms with Crippen molar-refractivity contribution in [1.29, 1.82) is 0 Å². The maximum Gasteiger partial charge on any atom is 0.277 e. The highest BCUT2D eigenvalue weighted by molar-refractivity contribution is 5.95. The zero-order valence-electron chi connectivity index (χ0n) is 12.4. The van der Waals surface area contributed by atoms with Crippen molar-refractivity contribution in [3.8, 4) is 5.75 Å². The Morgan fingerprint density at radius 2 is 1.86 bits per heavy atom. The lowest BCUT2D eigenvalue weighted by atomic mass is 9.94. The van der Waals surface area contributed by atoms with Gasteiger partial charge in [0.2, 0.25) is 0 Å². The van der Waals surface area contributed by atoms with Crippen LogP contribution < -0.4 is 4.74 Å². The zero-order chi connectivity index (χ0) is 15.6. The van der Waals surface area contributed by atoms with Gasteiger partial charge in [0.15, 0.2) is 0 Å². The summed E-state index contributed by atoms with van der Waals surface area (Å²) in [7, 11) is 0. The number of nitro groups is 1. The Labute approximate surface area is 123 Å². The summed E-state index contributed by atoms with van der Waals surface area (Å²) in [5, 5.41) is 22.5. The Kier molecular flexibility index (Phi) is 4.14. The summed E-state index contributed by atoms with van der Waals surface area (Å²) in [4.78, 5) is 10.7. The summed E-state index contributed by atoms with van der Waals surface area (Å²) in [6.45, 7) is 5.67. The molecular weight excluding hydrogens is 270 g/mol. The molecule has 21 heavy (non-hydrogen) atoms. The number of nitro benzene ring substituents is 1. The minimum absolute atomic E-state index is 0.0433. The van der Waals surface area contributed by atoms with Gasteiger partial charge in [-0.1, -0.05) is 32.0 Å². The van der Waals surface area contributed by atoms with Gasteiger partial charge in [-0.2, -0.15) is 0 Å². The summed E-state index contributed by atoms with van der Waals surface area (Å²) in [6, 6.07) is 10.0. The minimum atomic E-state index is -0.955. The molecule has 0 fully saturated rings. The lowest BCUT2D eigenvalue weighted by Crippen LogP contribution is -2.37. The Morgan fingerprint density at radius 3 is 2.43 bits per heavy atom. The molecule has 0 amide bonds. The largest absolute Gasteiger partial charge is 0.490 e. The molecule has 0 aliphatic heterocycles. The van der Waals surface area contributed by atoms with E-state index in [0.29, 0.717) is 16.5 Å². The van der Waals surface area contributed by atoms with Crippen molar-refractivity contribution in [1.82, 2.24) is 0 Å². The predicted octanol–water partition coefficient (Wildman–Crippen LogP) is 3.53. The van der Waals surface area contributed by atoms with Crippen LogP contribution in [-0.2, 0) is 0 Å². The molecule has 5 heteroatoms. The van der Waals surface area contributed by atoms with E-state index in [1.807, 2.05) is 13.8 Å². The van der Waals surface area contributed by atoms with Gasteiger partial charge in [0.05, 0.1) is 15.9 Å². The van der Waals surface area contributed by atoms with Crippen molar-refractivity contribution in [2.24, 2.45) is 5.92 Å². The molecule has 0 spiro atoms. The van der Waals surface area contributed by atoms with Gasteiger partial charge < -0.3 is 9.84 Å². The molecule has 1 N–H and O–H groups in total. The van der Waals surface area contributed by atoms with Gasteiger partial charge in [0.25, 0.3) is 5.69 Å². The number of hydrogen-bond acceptors (Lipinski definition) is 4. The zero-order valence-corrected chi connectivity index (χ0v) is 12.4. The first-order valence-electron chi connectivity index (χ1n) is 6.84. The van der Waals surface area contributed by atoms with Crippen LogP contribution in [0, 0.1) is 16.0 Å². The average molecular weight is 289 g/mol. The molecule has 0 saturated heterocycles. The first-order valence-corrected chi connectivity index (χ1v) is 6.84. The van der Waals surface area contributed by atoms with E-state index in [4.69, 9.17) is 4.74 Å². The third-order valence-electron chi connectivity index (χ3n) is 3.82. The topological polar surface area (TPSA) is 72.6 Å². The Morgan fingerprint density at radius 1 is 1.24 bits per heavy atom. The molecule has 0 radical (unpaired) electrons. The minimum Gasteiger partial charge on any atom is -0.490 e. The number of rotatable bonds is 5. The van der Waals surface area contributed by atoms with Crippen molar-refractivity contribution in [3.05, 3.63) is 46.5 Å². The second kappa shape index (κ2) is 5.69. The summed E-state index contributed by atoms with van der Waals surface area (Å²) < 4.78 is 5.71. The van der Waals surface area contributed by atoms with E-state index in [1.54, 1.807) is 37.3 Å². The van der Waals surface area contributed by atoms with E-state index in [-0.39, 0.29) is 18.2 Å². The molecule has 0 heterocycles. The molecule has 5 nitrogen and oxygen atoms in total. The van der Waals surface area contributed by atoms with Gasteiger partial charge in [-0.3, -0.25) is 10.1 Å². The monoisotopic (exact) mass is 289 g/mol. The number of fused-ring (bicyclic) bond motifs is 1. The predicted molar refractivity (Wildman–Crippen MR) is 81.6 cm³/mol. The fourth-order valence-electron chi connectivity index (χ4n) is 1.93. The van der Waals surface area contributed by atoms with Gasteiger partial charge in [-0.05, 0) is 25.0 Å². The van der Waals surface area contributed by atoms with Gasteiger partial charge in [-0.15, -0.1) is 0 Å². The second-order valence-electron chi connectivity index (χ2n) is 5.69. The fourth-order valence-corrected chi connectivity index (χ4v) is 1.93. The smallest absolute Gasteiger partial charge is 0.277 e. The van der Waals surface area contributed by atoms with Crippen molar-refractivity contribution >= 4 is 16.5 Å². The Balaban J connectivity index is 2.38. The van der Waals surface area contributed by atoms with Crippen molar-refractivity contribution in [2.45, 2.75) is 26.4 Å². The van der Waals surface area contributed by atoms with E-state index >= 15 is 0 Å². The number of aliphatic hydroxyl groups is 1. The van der Waals surface area contributed by atoms with Crippen molar-refractivity contribution in [3.63, 3.8) is 0 Å². The number of non-ortho nitro benzene ring substituents is 1. The maximum atomic E-state index is 11.1. The van der Waals surface area contributed by atoms with Crippen LogP contribution in [0.5, 0.6) is 5.75 Å². The third-order valence-corrected chi connectivity index (χ3v) is 3.82. The second-order valence-corrected chi connectivity index (χ2v) is 5.69. The molecule has 2 rings (SSSR count). The molecule has 1 atom stereocenters. The quantitative estimate of drug-likeness (QED) is 0.675. The van der Waals surface area contributed by atoms with E-state index < -0.39 is 10.5 Å². The molecule has 0 saturated carbocycles. The molecule has 1 unspecified atom stereocenters. The lowest BCUT2D eigenvalue weighted by Gasteiger charge is -2.27. The van der Waals surface area contributed by atoms with Crippen LogP contribution in [0.25, 0.3) is 10.8 Å². The standard InChI is InChI=1S/C16H19NO4/c1-11(2)16(3,18)10-21-15-9-8-14(17(19)20)12-6-4-5-7-13(12)15/h4-9,11,18H,10H2,1-3H3. The molecule has 0 aliphatic carbocycles. The van der Waals surface area contributed by atoms with E-state index in [2.05, 4.69) is 0 Å². The maximum absolute atomic E-state index is 11.1. The first-order chi connectivity index (χ1) is 9.83. The molecule has 2 aromatic carbocycles.